The summed E-state index contributed by atoms with van der Waals surface area (Å²) >= 11 is 0. The van der Waals surface area contributed by atoms with E-state index in [0.717, 1.165) is 23.9 Å². The minimum absolute atomic E-state index is 0.0461. The van der Waals surface area contributed by atoms with Gasteiger partial charge >= 0.3 is 0 Å². The maximum Gasteiger partial charge on any atom is 0.229 e. The third-order valence-electron chi connectivity index (χ3n) is 4.43. The topological polar surface area (TPSA) is 85.4 Å². The average molecular weight is 423 g/mol. The molecule has 1 unspecified atom stereocenters. The van der Waals surface area contributed by atoms with E-state index in [9.17, 15) is 17.6 Å². The lowest BCUT2D eigenvalue weighted by Crippen LogP contribution is -2.13. The third kappa shape index (κ3) is 6.81. The summed E-state index contributed by atoms with van der Waals surface area (Å²) in [6.45, 7) is 6.16. The molecule has 8 heteroatoms. The van der Waals surface area contributed by atoms with E-state index in [1.807, 2.05) is 26.0 Å². The van der Waals surface area contributed by atoms with Crippen LogP contribution >= 0.6 is 0 Å². The second kappa shape index (κ2) is 9.82. The number of aromatic nitrogens is 1. The van der Waals surface area contributed by atoms with Crippen LogP contribution in [0.4, 0.5) is 10.1 Å². The van der Waals surface area contributed by atoms with E-state index in [4.69, 9.17) is 4.74 Å². The number of sulfonamides is 1. The van der Waals surface area contributed by atoms with Crippen LogP contribution < -0.4 is 9.46 Å². The standard InChI is InChI=1S/C21H27FN2O4S/c1-5-12-28-21-16(7-6-14(2)23-21)9-11-20(25)15(3)17-8-10-19(18(22)13-17)24-29(4,26)27/h6-8,10,13,15,24H,5,9,11-12H2,1-4H3. The molecular formula is C21H27FN2O4S. The van der Waals surface area contributed by atoms with Gasteiger partial charge in [0.1, 0.15) is 11.6 Å². The van der Waals surface area contributed by atoms with Gasteiger partial charge in [0.2, 0.25) is 15.9 Å². The minimum atomic E-state index is -3.58. The van der Waals surface area contributed by atoms with E-state index in [2.05, 4.69) is 9.71 Å². The lowest BCUT2D eigenvalue weighted by molar-refractivity contribution is -0.120. The van der Waals surface area contributed by atoms with Crippen molar-refractivity contribution >= 4 is 21.5 Å². The molecule has 0 radical (unpaired) electrons. The number of hydrogen-bond donors (Lipinski definition) is 1. The van der Waals surface area contributed by atoms with Crippen LogP contribution in [0.15, 0.2) is 30.3 Å². The highest BCUT2D eigenvalue weighted by Crippen LogP contribution is 2.25. The van der Waals surface area contributed by atoms with Crippen molar-refractivity contribution in [2.24, 2.45) is 0 Å². The van der Waals surface area contributed by atoms with Crippen molar-refractivity contribution in [1.82, 2.24) is 4.98 Å². The molecule has 2 aromatic rings. The van der Waals surface area contributed by atoms with E-state index in [0.29, 0.717) is 24.5 Å². The van der Waals surface area contributed by atoms with Crippen molar-refractivity contribution in [2.45, 2.75) is 46.0 Å². The molecule has 158 valence electrons. The first-order valence-corrected chi connectivity index (χ1v) is 11.4. The molecule has 0 aliphatic heterocycles. The third-order valence-corrected chi connectivity index (χ3v) is 5.02. The number of Topliss-reactive ketones (excluding diaryl/α,β-unsaturated/α-hetero) is 1. The van der Waals surface area contributed by atoms with E-state index in [1.54, 1.807) is 13.0 Å². The molecule has 0 spiro atoms. The Balaban J connectivity index is 2.07. The zero-order valence-corrected chi connectivity index (χ0v) is 18.0. The van der Waals surface area contributed by atoms with Gasteiger partial charge in [-0.3, -0.25) is 9.52 Å². The maximum absolute atomic E-state index is 14.2. The van der Waals surface area contributed by atoms with Crippen molar-refractivity contribution in [3.8, 4) is 5.88 Å². The monoisotopic (exact) mass is 422 g/mol. The number of anilines is 1. The molecule has 0 aliphatic carbocycles. The second-order valence-electron chi connectivity index (χ2n) is 7.07. The molecular weight excluding hydrogens is 395 g/mol. The average Bonchev–Trinajstić information content (AvgIpc) is 2.65. The van der Waals surface area contributed by atoms with Gasteiger partial charge in [0.15, 0.2) is 0 Å². The number of pyridine rings is 1. The summed E-state index contributed by atoms with van der Waals surface area (Å²) in [5, 5.41) is 0. The van der Waals surface area contributed by atoms with Crippen LogP contribution in [-0.2, 0) is 21.2 Å². The Kier molecular flexibility index (Phi) is 7.73. The van der Waals surface area contributed by atoms with Gasteiger partial charge < -0.3 is 4.74 Å². The van der Waals surface area contributed by atoms with Gasteiger partial charge in [-0.25, -0.2) is 17.8 Å². The number of aryl methyl sites for hydroxylation is 2. The normalized spacial score (nSPS) is 12.4. The predicted molar refractivity (Wildman–Crippen MR) is 111 cm³/mol. The van der Waals surface area contributed by atoms with Crippen molar-refractivity contribution in [2.75, 3.05) is 17.6 Å². The van der Waals surface area contributed by atoms with E-state index in [1.165, 1.54) is 12.1 Å². The minimum Gasteiger partial charge on any atom is -0.477 e. The van der Waals surface area contributed by atoms with Crippen LogP contribution in [0.2, 0.25) is 0 Å². The van der Waals surface area contributed by atoms with Gasteiger partial charge in [-0.1, -0.05) is 26.0 Å². The van der Waals surface area contributed by atoms with Crippen LogP contribution in [0.25, 0.3) is 0 Å². The Morgan fingerprint density at radius 3 is 2.62 bits per heavy atom. The predicted octanol–water partition coefficient (Wildman–Crippen LogP) is 3.99. The summed E-state index contributed by atoms with van der Waals surface area (Å²) < 4.78 is 44.5. The molecule has 6 nitrogen and oxygen atoms in total. The van der Waals surface area contributed by atoms with Crippen LogP contribution in [0, 0.1) is 12.7 Å². The fraction of sp³-hybridized carbons (Fsp3) is 0.429. The summed E-state index contributed by atoms with van der Waals surface area (Å²) in [6, 6.07) is 7.87. The summed E-state index contributed by atoms with van der Waals surface area (Å²) in [6.07, 6.45) is 2.55. The molecule has 1 heterocycles. The SMILES string of the molecule is CCCOc1nc(C)ccc1CCC(=O)C(C)c1ccc(NS(C)(=O)=O)c(F)c1. The summed E-state index contributed by atoms with van der Waals surface area (Å²) in [7, 11) is -3.58. The number of ketones is 1. The highest BCUT2D eigenvalue weighted by Gasteiger charge is 2.18. The molecule has 1 aromatic carbocycles. The zero-order valence-electron chi connectivity index (χ0n) is 17.2. The molecule has 0 saturated heterocycles. The van der Waals surface area contributed by atoms with Gasteiger partial charge in [-0.05, 0) is 43.5 Å². The number of nitrogens with zero attached hydrogens (tertiary/aromatic N) is 1. The number of halogens is 1. The number of nitrogens with one attached hydrogen (secondary N) is 1. The van der Waals surface area contributed by atoms with Crippen LogP contribution in [0.5, 0.6) is 5.88 Å². The molecule has 0 aliphatic rings. The van der Waals surface area contributed by atoms with Gasteiger partial charge in [-0.15, -0.1) is 0 Å². The van der Waals surface area contributed by atoms with Gasteiger partial charge in [0.25, 0.3) is 0 Å². The number of hydrogen-bond acceptors (Lipinski definition) is 5. The quantitative estimate of drug-likeness (QED) is 0.626. The van der Waals surface area contributed by atoms with Crippen molar-refractivity contribution in [3.05, 3.63) is 53.0 Å². The summed E-state index contributed by atoms with van der Waals surface area (Å²) in [5.74, 6) is -0.731. The molecule has 2 rings (SSSR count). The molecule has 1 N–H and O–H groups in total. The van der Waals surface area contributed by atoms with Crippen LogP contribution in [-0.4, -0.2) is 32.0 Å². The molecule has 0 fully saturated rings. The molecule has 29 heavy (non-hydrogen) atoms. The van der Waals surface area contributed by atoms with E-state index < -0.39 is 21.8 Å². The maximum atomic E-state index is 14.2. The van der Waals surface area contributed by atoms with E-state index in [-0.39, 0.29) is 17.9 Å². The Bertz CT molecular complexity index is 977. The first-order valence-electron chi connectivity index (χ1n) is 9.50. The summed E-state index contributed by atoms with van der Waals surface area (Å²) in [5.41, 5.74) is 2.07. The molecule has 0 saturated carbocycles. The molecule has 1 aromatic heterocycles. The Morgan fingerprint density at radius 1 is 1.28 bits per heavy atom. The Labute approximate surface area is 171 Å². The van der Waals surface area contributed by atoms with Crippen molar-refractivity contribution in [1.29, 1.82) is 0 Å². The van der Waals surface area contributed by atoms with Crippen molar-refractivity contribution < 1.29 is 22.3 Å². The van der Waals surface area contributed by atoms with Crippen LogP contribution in [0.3, 0.4) is 0 Å². The Morgan fingerprint density at radius 2 is 2.00 bits per heavy atom. The van der Waals surface area contributed by atoms with Crippen LogP contribution in [0.1, 0.15) is 49.4 Å². The largest absolute Gasteiger partial charge is 0.477 e. The number of rotatable bonds is 10. The van der Waals surface area contributed by atoms with E-state index >= 15 is 0 Å². The first kappa shape index (κ1) is 22.8. The van der Waals surface area contributed by atoms with Gasteiger partial charge in [0, 0.05) is 23.6 Å². The second-order valence-corrected chi connectivity index (χ2v) is 8.82. The number of carbonyl (C=O) groups is 1. The number of benzene rings is 1. The van der Waals surface area contributed by atoms with Gasteiger partial charge in [-0.2, -0.15) is 0 Å². The smallest absolute Gasteiger partial charge is 0.229 e. The fourth-order valence-electron chi connectivity index (χ4n) is 2.82. The van der Waals surface area contributed by atoms with Gasteiger partial charge in [0.05, 0.1) is 18.6 Å². The fourth-order valence-corrected chi connectivity index (χ4v) is 3.38. The summed E-state index contributed by atoms with van der Waals surface area (Å²) in [4.78, 5) is 17.0. The molecule has 0 bridgehead atoms. The lowest BCUT2D eigenvalue weighted by atomic mass is 9.93. The number of ether oxygens (including phenoxy) is 1. The lowest BCUT2D eigenvalue weighted by Gasteiger charge is -2.14. The Hall–Kier alpha value is -2.48. The molecule has 0 amide bonds. The zero-order chi connectivity index (χ0) is 21.6. The molecule has 1 atom stereocenters. The highest BCUT2D eigenvalue weighted by molar-refractivity contribution is 7.92. The highest BCUT2D eigenvalue weighted by atomic mass is 32.2. The van der Waals surface area contributed by atoms with Crippen molar-refractivity contribution in [3.63, 3.8) is 0 Å². The first-order chi connectivity index (χ1) is 13.6. The number of carbonyl (C=O) groups excluding carboxylic acids is 1.